The molecule has 0 saturated heterocycles. The van der Waals surface area contributed by atoms with Gasteiger partial charge in [0.25, 0.3) is 5.91 Å². The molecule has 4 aromatic rings. The van der Waals surface area contributed by atoms with Gasteiger partial charge in [-0.15, -0.1) is 0 Å². The summed E-state index contributed by atoms with van der Waals surface area (Å²) in [6.07, 6.45) is 3.59. The van der Waals surface area contributed by atoms with Crippen molar-refractivity contribution in [2.75, 3.05) is 5.32 Å². The Labute approximate surface area is 151 Å². The maximum Gasteiger partial charge on any atom is 0.256 e. The van der Waals surface area contributed by atoms with Gasteiger partial charge in [-0.2, -0.15) is 5.10 Å². The van der Waals surface area contributed by atoms with Crippen molar-refractivity contribution in [2.45, 2.75) is 13.8 Å². The SMILES string of the molecule is Cc1ccc2nc(C)cc(C(=O)Nc3cccc(-n4cccn4)c3)c2c1. The van der Waals surface area contributed by atoms with Crippen LogP contribution in [0.3, 0.4) is 0 Å². The Morgan fingerprint density at radius 1 is 1.04 bits per heavy atom. The lowest BCUT2D eigenvalue weighted by molar-refractivity contribution is 0.102. The molecule has 0 unspecified atom stereocenters. The van der Waals surface area contributed by atoms with Crippen LogP contribution in [0.5, 0.6) is 0 Å². The normalized spacial score (nSPS) is 10.8. The summed E-state index contributed by atoms with van der Waals surface area (Å²) in [6, 6.07) is 17.2. The van der Waals surface area contributed by atoms with Gasteiger partial charge in [0, 0.05) is 29.2 Å². The van der Waals surface area contributed by atoms with Crippen LogP contribution in [0.1, 0.15) is 21.6 Å². The minimum Gasteiger partial charge on any atom is -0.322 e. The molecule has 128 valence electrons. The van der Waals surface area contributed by atoms with Crippen LogP contribution in [-0.2, 0) is 0 Å². The highest BCUT2D eigenvalue weighted by Gasteiger charge is 2.13. The Balaban J connectivity index is 1.70. The number of benzene rings is 2. The summed E-state index contributed by atoms with van der Waals surface area (Å²) in [4.78, 5) is 17.5. The summed E-state index contributed by atoms with van der Waals surface area (Å²) >= 11 is 0. The second-order valence-electron chi connectivity index (χ2n) is 6.29. The van der Waals surface area contributed by atoms with Crippen molar-refractivity contribution in [2.24, 2.45) is 0 Å². The van der Waals surface area contributed by atoms with Gasteiger partial charge < -0.3 is 5.32 Å². The van der Waals surface area contributed by atoms with Crippen molar-refractivity contribution in [3.05, 3.63) is 83.8 Å². The molecule has 2 heterocycles. The molecule has 4 rings (SSSR count). The smallest absolute Gasteiger partial charge is 0.256 e. The van der Waals surface area contributed by atoms with E-state index in [1.807, 2.05) is 74.6 Å². The first kappa shape index (κ1) is 16.0. The molecule has 0 bridgehead atoms. The number of aromatic nitrogens is 3. The molecule has 0 atom stereocenters. The van der Waals surface area contributed by atoms with Crippen molar-refractivity contribution in [1.82, 2.24) is 14.8 Å². The lowest BCUT2D eigenvalue weighted by Crippen LogP contribution is -2.13. The number of pyridine rings is 1. The van der Waals surface area contributed by atoms with E-state index in [1.165, 1.54) is 0 Å². The third kappa shape index (κ3) is 3.07. The predicted molar refractivity (Wildman–Crippen MR) is 103 cm³/mol. The highest BCUT2D eigenvalue weighted by Crippen LogP contribution is 2.22. The number of nitrogens with one attached hydrogen (secondary N) is 1. The Kier molecular flexibility index (Phi) is 3.97. The number of carbonyl (C=O) groups excluding carboxylic acids is 1. The minimum atomic E-state index is -0.149. The lowest BCUT2D eigenvalue weighted by atomic mass is 10.0. The summed E-state index contributed by atoms with van der Waals surface area (Å²) in [5, 5.41) is 8.07. The van der Waals surface area contributed by atoms with E-state index in [1.54, 1.807) is 10.9 Å². The molecule has 0 aliphatic rings. The molecule has 0 fully saturated rings. The fourth-order valence-corrected chi connectivity index (χ4v) is 3.01. The van der Waals surface area contributed by atoms with Crippen LogP contribution >= 0.6 is 0 Å². The molecular formula is C21H18N4O. The number of fused-ring (bicyclic) bond motifs is 1. The van der Waals surface area contributed by atoms with Gasteiger partial charge >= 0.3 is 0 Å². The molecule has 5 heteroatoms. The Morgan fingerprint density at radius 3 is 2.73 bits per heavy atom. The van der Waals surface area contributed by atoms with E-state index in [0.717, 1.165) is 33.5 Å². The zero-order valence-electron chi connectivity index (χ0n) is 14.6. The van der Waals surface area contributed by atoms with E-state index in [2.05, 4.69) is 15.4 Å². The third-order valence-electron chi connectivity index (χ3n) is 4.21. The first-order valence-corrected chi connectivity index (χ1v) is 8.39. The predicted octanol–water partition coefficient (Wildman–Crippen LogP) is 4.29. The van der Waals surface area contributed by atoms with Crippen molar-refractivity contribution in [1.29, 1.82) is 0 Å². The number of hydrogen-bond acceptors (Lipinski definition) is 3. The average molecular weight is 342 g/mol. The Bertz CT molecular complexity index is 1100. The highest BCUT2D eigenvalue weighted by molar-refractivity contribution is 6.12. The van der Waals surface area contributed by atoms with Crippen LogP contribution in [0.15, 0.2) is 67.0 Å². The number of hydrogen-bond donors (Lipinski definition) is 1. The van der Waals surface area contributed by atoms with E-state index < -0.39 is 0 Å². The van der Waals surface area contributed by atoms with Crippen LogP contribution in [0.2, 0.25) is 0 Å². The van der Waals surface area contributed by atoms with Gasteiger partial charge in [-0.05, 0) is 56.3 Å². The van der Waals surface area contributed by atoms with Crippen molar-refractivity contribution in [3.63, 3.8) is 0 Å². The molecule has 26 heavy (non-hydrogen) atoms. The molecule has 0 aliphatic heterocycles. The van der Waals surface area contributed by atoms with Crippen LogP contribution in [0.25, 0.3) is 16.6 Å². The van der Waals surface area contributed by atoms with E-state index in [-0.39, 0.29) is 5.91 Å². The number of nitrogens with zero attached hydrogens (tertiary/aromatic N) is 3. The number of aryl methyl sites for hydroxylation is 2. The number of carbonyl (C=O) groups is 1. The van der Waals surface area contributed by atoms with Gasteiger partial charge in [-0.25, -0.2) is 4.68 Å². The molecule has 0 aliphatic carbocycles. The lowest BCUT2D eigenvalue weighted by Gasteiger charge is -2.11. The van der Waals surface area contributed by atoms with Crippen molar-refractivity contribution in [3.8, 4) is 5.69 Å². The highest BCUT2D eigenvalue weighted by atomic mass is 16.1. The van der Waals surface area contributed by atoms with E-state index in [0.29, 0.717) is 5.56 Å². The largest absolute Gasteiger partial charge is 0.322 e. The van der Waals surface area contributed by atoms with Gasteiger partial charge in [0.15, 0.2) is 0 Å². The number of rotatable bonds is 3. The monoisotopic (exact) mass is 342 g/mol. The van der Waals surface area contributed by atoms with E-state index in [4.69, 9.17) is 0 Å². The Hall–Kier alpha value is -3.47. The van der Waals surface area contributed by atoms with Crippen LogP contribution in [-0.4, -0.2) is 20.7 Å². The average Bonchev–Trinajstić information content (AvgIpc) is 3.16. The maximum absolute atomic E-state index is 12.9. The first-order valence-electron chi connectivity index (χ1n) is 8.39. The summed E-state index contributed by atoms with van der Waals surface area (Å²) in [5.41, 5.74) is 4.97. The van der Waals surface area contributed by atoms with Crippen LogP contribution in [0, 0.1) is 13.8 Å². The van der Waals surface area contributed by atoms with Crippen LogP contribution < -0.4 is 5.32 Å². The topological polar surface area (TPSA) is 59.8 Å². The fourth-order valence-electron chi connectivity index (χ4n) is 3.01. The molecule has 2 aromatic carbocycles. The molecule has 0 radical (unpaired) electrons. The quantitative estimate of drug-likeness (QED) is 0.604. The summed E-state index contributed by atoms with van der Waals surface area (Å²) in [6.45, 7) is 3.91. The van der Waals surface area contributed by atoms with E-state index >= 15 is 0 Å². The number of amides is 1. The molecule has 2 aromatic heterocycles. The zero-order valence-corrected chi connectivity index (χ0v) is 14.6. The second kappa shape index (κ2) is 6.44. The summed E-state index contributed by atoms with van der Waals surface area (Å²) in [7, 11) is 0. The van der Waals surface area contributed by atoms with Gasteiger partial charge in [-0.1, -0.05) is 17.7 Å². The third-order valence-corrected chi connectivity index (χ3v) is 4.21. The van der Waals surface area contributed by atoms with Gasteiger partial charge in [0.2, 0.25) is 0 Å². The molecule has 0 spiro atoms. The minimum absolute atomic E-state index is 0.149. The fraction of sp³-hybridized carbons (Fsp3) is 0.0952. The Morgan fingerprint density at radius 2 is 1.92 bits per heavy atom. The van der Waals surface area contributed by atoms with Crippen molar-refractivity contribution >= 4 is 22.5 Å². The van der Waals surface area contributed by atoms with Crippen LogP contribution in [0.4, 0.5) is 5.69 Å². The van der Waals surface area contributed by atoms with Gasteiger partial charge in [0.1, 0.15) is 0 Å². The second-order valence-corrected chi connectivity index (χ2v) is 6.29. The molecule has 5 nitrogen and oxygen atoms in total. The zero-order chi connectivity index (χ0) is 18.1. The molecular weight excluding hydrogens is 324 g/mol. The number of anilines is 1. The van der Waals surface area contributed by atoms with E-state index in [9.17, 15) is 4.79 Å². The molecule has 0 saturated carbocycles. The standard InChI is InChI=1S/C21H18N4O/c1-14-7-8-20-18(11-14)19(12-15(2)23-20)21(26)24-16-5-3-6-17(13-16)25-10-4-9-22-25/h3-13H,1-2H3,(H,24,26). The van der Waals surface area contributed by atoms with Gasteiger partial charge in [0.05, 0.1) is 16.8 Å². The summed E-state index contributed by atoms with van der Waals surface area (Å²) in [5.74, 6) is -0.149. The van der Waals surface area contributed by atoms with Crippen molar-refractivity contribution < 1.29 is 4.79 Å². The first-order chi connectivity index (χ1) is 12.6. The van der Waals surface area contributed by atoms with Gasteiger partial charge in [-0.3, -0.25) is 9.78 Å². The summed E-state index contributed by atoms with van der Waals surface area (Å²) < 4.78 is 1.75. The molecule has 1 amide bonds. The maximum atomic E-state index is 12.9. The molecule has 1 N–H and O–H groups in total.